The number of hydrogen-bond donors (Lipinski definition) is 2. The largest absolute Gasteiger partial charge is 0.352 e. The molecule has 0 radical (unpaired) electrons. The Balaban J connectivity index is 2.10. The Morgan fingerprint density at radius 1 is 1.38 bits per heavy atom. The number of sulfonamides is 1. The summed E-state index contributed by atoms with van der Waals surface area (Å²) in [6, 6.07) is 2.24. The van der Waals surface area contributed by atoms with Crippen LogP contribution in [0.5, 0.6) is 0 Å². The SMILES string of the molecule is CC(NS(=O)(=O)c1cc(CNC2CC2)n(C)c1)C(C)(C)C. The van der Waals surface area contributed by atoms with E-state index in [9.17, 15) is 8.42 Å². The second-order valence-electron chi connectivity index (χ2n) is 7.14. The molecule has 120 valence electrons. The minimum Gasteiger partial charge on any atom is -0.352 e. The van der Waals surface area contributed by atoms with Gasteiger partial charge in [-0.2, -0.15) is 0 Å². The van der Waals surface area contributed by atoms with Gasteiger partial charge in [0, 0.05) is 37.6 Å². The van der Waals surface area contributed by atoms with Crippen LogP contribution in [0.25, 0.3) is 0 Å². The number of hydrogen-bond acceptors (Lipinski definition) is 3. The van der Waals surface area contributed by atoms with E-state index in [4.69, 9.17) is 0 Å². The Morgan fingerprint density at radius 2 is 2.00 bits per heavy atom. The smallest absolute Gasteiger partial charge is 0.242 e. The monoisotopic (exact) mass is 313 g/mol. The van der Waals surface area contributed by atoms with E-state index >= 15 is 0 Å². The fourth-order valence-electron chi connectivity index (χ4n) is 1.91. The molecule has 1 aromatic heterocycles. The van der Waals surface area contributed by atoms with Crippen molar-refractivity contribution in [1.29, 1.82) is 0 Å². The average molecular weight is 313 g/mol. The molecular weight excluding hydrogens is 286 g/mol. The van der Waals surface area contributed by atoms with Crippen molar-refractivity contribution in [3.63, 3.8) is 0 Å². The van der Waals surface area contributed by atoms with Crippen LogP contribution in [0.2, 0.25) is 0 Å². The molecule has 1 aromatic rings. The van der Waals surface area contributed by atoms with Gasteiger partial charge in [0.05, 0.1) is 4.90 Å². The molecule has 0 aliphatic heterocycles. The molecule has 6 heteroatoms. The van der Waals surface area contributed by atoms with Crippen molar-refractivity contribution in [2.24, 2.45) is 12.5 Å². The highest BCUT2D eigenvalue weighted by Crippen LogP contribution is 2.23. The lowest BCUT2D eigenvalue weighted by atomic mass is 9.89. The van der Waals surface area contributed by atoms with E-state index in [1.807, 2.05) is 39.3 Å². The fourth-order valence-corrected chi connectivity index (χ4v) is 3.46. The summed E-state index contributed by atoms with van der Waals surface area (Å²) in [6.07, 6.45) is 4.13. The Bertz CT molecular complexity index is 595. The molecule has 5 nitrogen and oxygen atoms in total. The first-order valence-electron chi connectivity index (χ1n) is 7.50. The Morgan fingerprint density at radius 3 is 2.52 bits per heavy atom. The predicted octanol–water partition coefficient (Wildman–Crippen LogP) is 1.99. The van der Waals surface area contributed by atoms with E-state index < -0.39 is 10.0 Å². The average Bonchev–Trinajstić information content (AvgIpc) is 3.08. The number of rotatable bonds is 6. The van der Waals surface area contributed by atoms with Crippen LogP contribution < -0.4 is 10.0 Å². The third kappa shape index (κ3) is 4.31. The van der Waals surface area contributed by atoms with Gasteiger partial charge in [0.2, 0.25) is 10.0 Å². The topological polar surface area (TPSA) is 63.1 Å². The third-order valence-corrected chi connectivity index (χ3v) is 5.68. The van der Waals surface area contributed by atoms with E-state index in [0.29, 0.717) is 17.5 Å². The van der Waals surface area contributed by atoms with E-state index in [0.717, 1.165) is 5.69 Å². The highest BCUT2D eigenvalue weighted by atomic mass is 32.2. The standard InChI is InChI=1S/C15H27N3O2S/c1-11(15(2,3)4)17-21(19,20)14-8-13(18(5)10-14)9-16-12-6-7-12/h8,10-12,16-17H,6-7,9H2,1-5H3. The van der Waals surface area contributed by atoms with Gasteiger partial charge < -0.3 is 9.88 Å². The number of nitrogens with zero attached hydrogens (tertiary/aromatic N) is 1. The molecule has 1 atom stereocenters. The lowest BCUT2D eigenvalue weighted by molar-refractivity contribution is 0.317. The molecular formula is C15H27N3O2S. The minimum atomic E-state index is -3.47. The van der Waals surface area contributed by atoms with Gasteiger partial charge in [0.15, 0.2) is 0 Å². The van der Waals surface area contributed by atoms with Gasteiger partial charge in [-0.1, -0.05) is 20.8 Å². The first kappa shape index (κ1) is 16.5. The van der Waals surface area contributed by atoms with Gasteiger partial charge in [-0.3, -0.25) is 0 Å². The molecule has 0 saturated heterocycles. The zero-order valence-corrected chi connectivity index (χ0v) is 14.4. The molecule has 21 heavy (non-hydrogen) atoms. The second kappa shape index (κ2) is 5.74. The first-order chi connectivity index (χ1) is 9.59. The van der Waals surface area contributed by atoms with Gasteiger partial charge in [0.1, 0.15) is 0 Å². The highest BCUT2D eigenvalue weighted by Gasteiger charge is 2.27. The zero-order chi connectivity index (χ0) is 15.8. The maximum atomic E-state index is 12.5. The van der Waals surface area contributed by atoms with Gasteiger partial charge in [-0.15, -0.1) is 0 Å². The van der Waals surface area contributed by atoms with Crippen molar-refractivity contribution >= 4 is 10.0 Å². The normalized spacial score (nSPS) is 18.0. The van der Waals surface area contributed by atoms with Gasteiger partial charge in [0.25, 0.3) is 0 Å². The summed E-state index contributed by atoms with van der Waals surface area (Å²) in [5.41, 5.74) is 0.878. The highest BCUT2D eigenvalue weighted by molar-refractivity contribution is 7.89. The number of nitrogens with one attached hydrogen (secondary N) is 2. The molecule has 0 spiro atoms. The summed E-state index contributed by atoms with van der Waals surface area (Å²) in [4.78, 5) is 0.341. The van der Waals surface area contributed by atoms with Crippen LogP contribution in [0.15, 0.2) is 17.2 Å². The van der Waals surface area contributed by atoms with Crippen molar-refractivity contribution in [2.45, 2.75) is 64.1 Å². The Kier molecular flexibility index (Phi) is 4.52. The predicted molar refractivity (Wildman–Crippen MR) is 84.5 cm³/mol. The van der Waals surface area contributed by atoms with Crippen LogP contribution in [0.4, 0.5) is 0 Å². The number of aromatic nitrogens is 1. The third-order valence-electron chi connectivity index (χ3n) is 4.17. The summed E-state index contributed by atoms with van der Waals surface area (Å²) < 4.78 is 29.6. The zero-order valence-electron chi connectivity index (χ0n) is 13.6. The summed E-state index contributed by atoms with van der Waals surface area (Å²) in [5, 5.41) is 3.41. The Hall–Kier alpha value is -0.850. The Labute approximate surface area is 128 Å². The second-order valence-corrected chi connectivity index (χ2v) is 8.86. The minimum absolute atomic E-state index is 0.113. The van der Waals surface area contributed by atoms with Crippen molar-refractivity contribution in [3.8, 4) is 0 Å². The first-order valence-corrected chi connectivity index (χ1v) is 8.99. The summed E-state index contributed by atoms with van der Waals surface area (Å²) in [7, 11) is -1.58. The number of aryl methyl sites for hydroxylation is 1. The van der Waals surface area contributed by atoms with E-state index in [1.54, 1.807) is 12.3 Å². The lowest BCUT2D eigenvalue weighted by Crippen LogP contribution is -2.41. The van der Waals surface area contributed by atoms with Crippen LogP contribution in [-0.2, 0) is 23.6 Å². The summed E-state index contributed by atoms with van der Waals surface area (Å²) in [5.74, 6) is 0. The van der Waals surface area contributed by atoms with Crippen molar-refractivity contribution in [2.75, 3.05) is 0 Å². The fraction of sp³-hybridized carbons (Fsp3) is 0.733. The van der Waals surface area contributed by atoms with Crippen molar-refractivity contribution in [1.82, 2.24) is 14.6 Å². The molecule has 1 fully saturated rings. The van der Waals surface area contributed by atoms with E-state index in [-0.39, 0.29) is 11.5 Å². The van der Waals surface area contributed by atoms with Crippen molar-refractivity contribution in [3.05, 3.63) is 18.0 Å². The molecule has 2 N–H and O–H groups in total. The molecule has 0 amide bonds. The van der Waals surface area contributed by atoms with Crippen LogP contribution >= 0.6 is 0 Å². The molecule has 2 rings (SSSR count). The molecule has 1 aliphatic carbocycles. The summed E-state index contributed by atoms with van der Waals surface area (Å²) >= 11 is 0. The van der Waals surface area contributed by atoms with Crippen LogP contribution in [0.1, 0.15) is 46.2 Å². The maximum absolute atomic E-state index is 12.5. The quantitative estimate of drug-likeness (QED) is 0.844. The van der Waals surface area contributed by atoms with Crippen LogP contribution in [0.3, 0.4) is 0 Å². The van der Waals surface area contributed by atoms with Crippen LogP contribution in [-0.4, -0.2) is 25.1 Å². The van der Waals surface area contributed by atoms with Gasteiger partial charge >= 0.3 is 0 Å². The molecule has 1 saturated carbocycles. The molecule has 1 heterocycles. The molecule has 0 aromatic carbocycles. The molecule has 1 unspecified atom stereocenters. The van der Waals surface area contributed by atoms with E-state index in [1.165, 1.54) is 12.8 Å². The summed E-state index contributed by atoms with van der Waals surface area (Å²) in [6.45, 7) is 8.68. The van der Waals surface area contributed by atoms with E-state index in [2.05, 4.69) is 10.0 Å². The maximum Gasteiger partial charge on any atom is 0.242 e. The van der Waals surface area contributed by atoms with Crippen molar-refractivity contribution < 1.29 is 8.42 Å². The lowest BCUT2D eigenvalue weighted by Gasteiger charge is -2.27. The van der Waals surface area contributed by atoms with Gasteiger partial charge in [-0.05, 0) is 31.2 Å². The van der Waals surface area contributed by atoms with Gasteiger partial charge in [-0.25, -0.2) is 13.1 Å². The van der Waals surface area contributed by atoms with Crippen LogP contribution in [0, 0.1) is 5.41 Å². The molecule has 0 bridgehead atoms. The molecule has 1 aliphatic rings.